The summed E-state index contributed by atoms with van der Waals surface area (Å²) in [5, 5.41) is 3.49. The van der Waals surface area contributed by atoms with Crippen LogP contribution in [0.3, 0.4) is 0 Å². The number of nitrogens with one attached hydrogen (secondary N) is 1. The van der Waals surface area contributed by atoms with Gasteiger partial charge in [-0.3, -0.25) is 0 Å². The molecule has 0 spiro atoms. The van der Waals surface area contributed by atoms with Gasteiger partial charge >= 0.3 is 0 Å². The molecule has 0 amide bonds. The van der Waals surface area contributed by atoms with E-state index in [0.717, 1.165) is 18.9 Å². The number of aromatic nitrogens is 2. The molecule has 2 aromatic rings. The third kappa shape index (κ3) is 1.55. The number of hydrogen-bond acceptors (Lipinski definition) is 2. The van der Waals surface area contributed by atoms with E-state index in [1.54, 1.807) is 0 Å². The lowest BCUT2D eigenvalue weighted by molar-refractivity contribution is 0.397. The zero-order valence-corrected chi connectivity index (χ0v) is 8.43. The molecule has 2 heterocycles. The minimum absolute atomic E-state index is 0.410. The summed E-state index contributed by atoms with van der Waals surface area (Å²) in [4.78, 5) is 4.29. The topological polar surface area (TPSA) is 29.9 Å². The van der Waals surface area contributed by atoms with Crippen molar-refractivity contribution in [1.82, 2.24) is 14.9 Å². The van der Waals surface area contributed by atoms with Gasteiger partial charge in [-0.1, -0.05) is 30.3 Å². The van der Waals surface area contributed by atoms with Crippen LogP contribution in [-0.2, 0) is 13.1 Å². The molecule has 3 heteroatoms. The van der Waals surface area contributed by atoms with Crippen molar-refractivity contribution in [2.45, 2.75) is 19.1 Å². The second kappa shape index (κ2) is 3.51. The minimum Gasteiger partial charge on any atom is -0.332 e. The summed E-state index contributed by atoms with van der Waals surface area (Å²) in [6.45, 7) is 1.83. The molecule has 0 saturated heterocycles. The SMILES string of the molecule is c1ccc(C2Cn3ccnc3CN2)cc1. The van der Waals surface area contributed by atoms with Gasteiger partial charge in [0.2, 0.25) is 0 Å². The highest BCUT2D eigenvalue weighted by Gasteiger charge is 2.18. The molecule has 0 saturated carbocycles. The number of nitrogens with zero attached hydrogens (tertiary/aromatic N) is 2. The van der Waals surface area contributed by atoms with E-state index in [2.05, 4.69) is 45.2 Å². The predicted octanol–water partition coefficient (Wildman–Crippen LogP) is 1.73. The van der Waals surface area contributed by atoms with Crippen LogP contribution in [0.25, 0.3) is 0 Å². The predicted molar refractivity (Wildman–Crippen MR) is 58.2 cm³/mol. The molecule has 0 bridgehead atoms. The lowest BCUT2D eigenvalue weighted by atomic mass is 10.1. The van der Waals surface area contributed by atoms with E-state index < -0.39 is 0 Å². The maximum atomic E-state index is 4.29. The summed E-state index contributed by atoms with van der Waals surface area (Å²) in [5.74, 6) is 1.13. The number of hydrogen-bond donors (Lipinski definition) is 1. The van der Waals surface area contributed by atoms with Gasteiger partial charge in [0, 0.05) is 18.9 Å². The normalized spacial score (nSPS) is 19.9. The highest BCUT2D eigenvalue weighted by molar-refractivity contribution is 5.20. The Hall–Kier alpha value is -1.61. The van der Waals surface area contributed by atoms with Crippen LogP contribution in [0.15, 0.2) is 42.7 Å². The minimum atomic E-state index is 0.410. The molecule has 76 valence electrons. The van der Waals surface area contributed by atoms with Gasteiger partial charge in [-0.25, -0.2) is 4.98 Å². The van der Waals surface area contributed by atoms with Crippen molar-refractivity contribution >= 4 is 0 Å². The number of rotatable bonds is 1. The Balaban J connectivity index is 1.88. The molecule has 1 atom stereocenters. The number of imidazole rings is 1. The van der Waals surface area contributed by atoms with Gasteiger partial charge in [0.1, 0.15) is 5.82 Å². The average Bonchev–Trinajstić information content (AvgIpc) is 2.77. The second-order valence-corrected chi connectivity index (χ2v) is 3.84. The molecule has 3 nitrogen and oxygen atoms in total. The Morgan fingerprint density at radius 1 is 1.27 bits per heavy atom. The van der Waals surface area contributed by atoms with Crippen LogP contribution in [0, 0.1) is 0 Å². The third-order valence-electron chi connectivity index (χ3n) is 2.89. The van der Waals surface area contributed by atoms with E-state index in [1.807, 2.05) is 12.4 Å². The first-order valence-corrected chi connectivity index (χ1v) is 5.22. The van der Waals surface area contributed by atoms with Gasteiger partial charge in [0.05, 0.1) is 12.6 Å². The smallest absolute Gasteiger partial charge is 0.122 e. The van der Waals surface area contributed by atoms with Gasteiger partial charge in [0.15, 0.2) is 0 Å². The first-order valence-electron chi connectivity index (χ1n) is 5.22. The molecule has 0 radical (unpaired) electrons. The summed E-state index contributed by atoms with van der Waals surface area (Å²) < 4.78 is 2.22. The largest absolute Gasteiger partial charge is 0.332 e. The molecule has 1 aromatic carbocycles. The van der Waals surface area contributed by atoms with E-state index in [4.69, 9.17) is 0 Å². The van der Waals surface area contributed by atoms with Gasteiger partial charge in [-0.05, 0) is 5.56 Å². The molecule has 1 aliphatic heterocycles. The Labute approximate surface area is 88.8 Å². The Morgan fingerprint density at radius 3 is 3.00 bits per heavy atom. The molecule has 3 rings (SSSR count). The van der Waals surface area contributed by atoms with Crippen molar-refractivity contribution in [3.05, 3.63) is 54.1 Å². The van der Waals surface area contributed by atoms with Crippen molar-refractivity contribution in [2.75, 3.05) is 0 Å². The van der Waals surface area contributed by atoms with Crippen molar-refractivity contribution in [2.24, 2.45) is 0 Å². The molecular weight excluding hydrogens is 186 g/mol. The van der Waals surface area contributed by atoms with Crippen molar-refractivity contribution in [1.29, 1.82) is 0 Å². The number of benzene rings is 1. The van der Waals surface area contributed by atoms with E-state index in [9.17, 15) is 0 Å². The van der Waals surface area contributed by atoms with Gasteiger partial charge in [-0.2, -0.15) is 0 Å². The summed E-state index contributed by atoms with van der Waals surface area (Å²) in [5.41, 5.74) is 1.34. The fourth-order valence-corrected chi connectivity index (χ4v) is 2.06. The summed E-state index contributed by atoms with van der Waals surface area (Å²) in [7, 11) is 0. The average molecular weight is 199 g/mol. The Bertz CT molecular complexity index is 447. The van der Waals surface area contributed by atoms with Crippen molar-refractivity contribution in [3.8, 4) is 0 Å². The lowest BCUT2D eigenvalue weighted by Crippen LogP contribution is -2.32. The van der Waals surface area contributed by atoms with Crippen molar-refractivity contribution in [3.63, 3.8) is 0 Å². The lowest BCUT2D eigenvalue weighted by Gasteiger charge is -2.25. The van der Waals surface area contributed by atoms with E-state index >= 15 is 0 Å². The van der Waals surface area contributed by atoms with Crippen LogP contribution < -0.4 is 5.32 Å². The Morgan fingerprint density at radius 2 is 2.13 bits per heavy atom. The first-order chi connectivity index (χ1) is 7.43. The molecule has 15 heavy (non-hydrogen) atoms. The standard InChI is InChI=1S/C12H13N3/c1-2-4-10(5-3-1)11-9-15-7-6-13-12(15)8-14-11/h1-7,11,14H,8-9H2. The zero-order valence-electron chi connectivity index (χ0n) is 8.43. The van der Waals surface area contributed by atoms with E-state index in [-0.39, 0.29) is 0 Å². The van der Waals surface area contributed by atoms with Crippen LogP contribution >= 0.6 is 0 Å². The highest BCUT2D eigenvalue weighted by Crippen LogP contribution is 2.19. The summed E-state index contributed by atoms with van der Waals surface area (Å²) in [6.07, 6.45) is 3.91. The third-order valence-corrected chi connectivity index (χ3v) is 2.89. The van der Waals surface area contributed by atoms with Gasteiger partial charge in [-0.15, -0.1) is 0 Å². The molecule has 1 aromatic heterocycles. The first kappa shape index (κ1) is 8.68. The number of fused-ring (bicyclic) bond motifs is 1. The fraction of sp³-hybridized carbons (Fsp3) is 0.250. The summed E-state index contributed by atoms with van der Waals surface area (Å²) >= 11 is 0. The molecular formula is C12H13N3. The highest BCUT2D eigenvalue weighted by atomic mass is 15.2. The van der Waals surface area contributed by atoms with Crippen LogP contribution in [0.4, 0.5) is 0 Å². The van der Waals surface area contributed by atoms with Gasteiger partial charge < -0.3 is 9.88 Å². The van der Waals surface area contributed by atoms with Gasteiger partial charge in [0.25, 0.3) is 0 Å². The van der Waals surface area contributed by atoms with Crippen LogP contribution in [-0.4, -0.2) is 9.55 Å². The fourth-order valence-electron chi connectivity index (χ4n) is 2.06. The van der Waals surface area contributed by atoms with Crippen molar-refractivity contribution < 1.29 is 0 Å². The zero-order chi connectivity index (χ0) is 10.1. The monoisotopic (exact) mass is 199 g/mol. The molecule has 1 unspecified atom stereocenters. The molecule has 0 fully saturated rings. The molecule has 0 aliphatic carbocycles. The van der Waals surface area contributed by atoms with E-state index in [0.29, 0.717) is 6.04 Å². The Kier molecular flexibility index (Phi) is 2.03. The van der Waals surface area contributed by atoms with Crippen LogP contribution in [0.5, 0.6) is 0 Å². The second-order valence-electron chi connectivity index (χ2n) is 3.84. The molecule has 1 aliphatic rings. The quantitative estimate of drug-likeness (QED) is 0.758. The maximum absolute atomic E-state index is 4.29. The maximum Gasteiger partial charge on any atom is 0.122 e. The van der Waals surface area contributed by atoms with Crippen LogP contribution in [0.2, 0.25) is 0 Å². The van der Waals surface area contributed by atoms with Crippen LogP contribution in [0.1, 0.15) is 17.4 Å². The van der Waals surface area contributed by atoms with E-state index in [1.165, 1.54) is 5.56 Å². The summed E-state index contributed by atoms with van der Waals surface area (Å²) in [6, 6.07) is 11.0. The molecule has 1 N–H and O–H groups in total.